The minimum Gasteiger partial charge on any atom is -0.444 e. The molecule has 0 saturated carbocycles. The molecule has 2 aromatic heterocycles. The van der Waals surface area contributed by atoms with Crippen molar-refractivity contribution in [3.8, 4) is 11.1 Å². The quantitative estimate of drug-likeness (QED) is 0.179. The lowest BCUT2D eigenvalue weighted by Gasteiger charge is -2.15. The number of rotatable bonds is 8. The number of alkyl halides is 3. The van der Waals surface area contributed by atoms with E-state index in [1.54, 1.807) is 36.7 Å². The van der Waals surface area contributed by atoms with Gasteiger partial charge in [-0.25, -0.2) is 9.78 Å². The van der Waals surface area contributed by atoms with Crippen LogP contribution in [0.25, 0.3) is 28.1 Å². The van der Waals surface area contributed by atoms with Gasteiger partial charge in [-0.15, -0.1) is 0 Å². The Morgan fingerprint density at radius 1 is 0.884 bits per heavy atom. The van der Waals surface area contributed by atoms with Crippen LogP contribution >= 0.6 is 0 Å². The molecule has 10 heteroatoms. The Balaban J connectivity index is 1.43. The van der Waals surface area contributed by atoms with E-state index < -0.39 is 17.8 Å². The maximum Gasteiger partial charge on any atom is 0.416 e. The standard InChI is InChI=1S/C33H25F3N4O3/c1-21(41)10-11-25-19-37-29-14-12-23(16-28(29)31(25)39-27-9-5-8-26(17-27)33(34,35)36)24-13-15-30(38-18-24)40-32(42)43-20-22-6-3-2-4-7-22/h2-19H,20H2,1H3,(H,37,39)(H,38,40,42)/b11-10+. The summed E-state index contributed by atoms with van der Waals surface area (Å²) >= 11 is 0. The van der Waals surface area contributed by atoms with Crippen molar-refractivity contribution >= 4 is 46.0 Å². The van der Waals surface area contributed by atoms with Gasteiger partial charge in [0.1, 0.15) is 12.4 Å². The molecular formula is C33H25F3N4O3. The lowest BCUT2D eigenvalue weighted by atomic mass is 10.0. The molecule has 0 atom stereocenters. The third-order valence-corrected chi connectivity index (χ3v) is 6.39. The molecule has 3 aromatic carbocycles. The summed E-state index contributed by atoms with van der Waals surface area (Å²) in [5.41, 5.74) is 3.35. The lowest BCUT2D eigenvalue weighted by Crippen LogP contribution is -2.14. The predicted octanol–water partition coefficient (Wildman–Crippen LogP) is 8.41. The minimum absolute atomic E-state index is 0.121. The van der Waals surface area contributed by atoms with Crippen LogP contribution in [0.1, 0.15) is 23.6 Å². The van der Waals surface area contributed by atoms with Crippen LogP contribution in [0.3, 0.4) is 0 Å². The number of nitrogens with one attached hydrogen (secondary N) is 2. The first kappa shape index (κ1) is 29.0. The largest absolute Gasteiger partial charge is 0.444 e. The fraction of sp³-hybridized carbons (Fsp3) is 0.0909. The number of allylic oxidation sites excluding steroid dienone is 1. The van der Waals surface area contributed by atoms with Crippen LogP contribution in [0.4, 0.5) is 35.2 Å². The van der Waals surface area contributed by atoms with Crippen molar-refractivity contribution < 1.29 is 27.5 Å². The lowest BCUT2D eigenvalue weighted by molar-refractivity contribution is -0.137. The maximum atomic E-state index is 13.4. The van der Waals surface area contributed by atoms with Crippen LogP contribution in [-0.4, -0.2) is 21.8 Å². The predicted molar refractivity (Wildman–Crippen MR) is 160 cm³/mol. The second-order valence-electron chi connectivity index (χ2n) is 9.59. The molecule has 0 aliphatic carbocycles. The first-order chi connectivity index (χ1) is 20.7. The Bertz CT molecular complexity index is 1810. The Morgan fingerprint density at radius 2 is 1.67 bits per heavy atom. The molecule has 0 aliphatic heterocycles. The zero-order valence-corrected chi connectivity index (χ0v) is 22.9. The smallest absolute Gasteiger partial charge is 0.416 e. The molecule has 0 fully saturated rings. The van der Waals surface area contributed by atoms with Crippen LogP contribution in [0.2, 0.25) is 0 Å². The first-order valence-corrected chi connectivity index (χ1v) is 13.2. The number of nitrogens with zero attached hydrogens (tertiary/aromatic N) is 2. The number of ether oxygens (including phenoxy) is 1. The molecule has 0 unspecified atom stereocenters. The second kappa shape index (κ2) is 12.6. The summed E-state index contributed by atoms with van der Waals surface area (Å²) in [6.45, 7) is 1.52. The van der Waals surface area contributed by atoms with Gasteiger partial charge in [-0.05, 0) is 72.7 Å². The number of hydrogen-bond donors (Lipinski definition) is 2. The van der Waals surface area contributed by atoms with Gasteiger partial charge in [0.15, 0.2) is 5.78 Å². The van der Waals surface area contributed by atoms with Gasteiger partial charge < -0.3 is 10.1 Å². The average molecular weight is 583 g/mol. The third kappa shape index (κ3) is 7.42. The number of amides is 1. The highest BCUT2D eigenvalue weighted by atomic mass is 19.4. The van der Waals surface area contributed by atoms with E-state index in [2.05, 4.69) is 20.6 Å². The maximum absolute atomic E-state index is 13.4. The number of aromatic nitrogens is 2. The number of carbonyl (C=O) groups excluding carboxylic acids is 2. The SMILES string of the molecule is CC(=O)/C=C/c1cnc2ccc(-c3ccc(NC(=O)OCc4ccccc4)nc3)cc2c1Nc1cccc(C(F)(F)F)c1. The fourth-order valence-electron chi connectivity index (χ4n) is 4.28. The summed E-state index contributed by atoms with van der Waals surface area (Å²) in [5.74, 6) is 0.107. The van der Waals surface area contributed by atoms with Crippen LogP contribution < -0.4 is 10.6 Å². The molecule has 5 aromatic rings. The molecule has 0 bridgehead atoms. The van der Waals surface area contributed by atoms with E-state index in [-0.39, 0.29) is 18.1 Å². The van der Waals surface area contributed by atoms with E-state index in [4.69, 9.17) is 4.74 Å². The second-order valence-corrected chi connectivity index (χ2v) is 9.59. The normalized spacial score (nSPS) is 11.4. The van der Waals surface area contributed by atoms with Crippen LogP contribution in [-0.2, 0) is 22.3 Å². The zero-order valence-electron chi connectivity index (χ0n) is 22.9. The summed E-state index contributed by atoms with van der Waals surface area (Å²) in [6, 6.07) is 23.0. The highest BCUT2D eigenvalue weighted by Gasteiger charge is 2.30. The fourth-order valence-corrected chi connectivity index (χ4v) is 4.28. The number of benzene rings is 3. The van der Waals surface area contributed by atoms with Gasteiger partial charge >= 0.3 is 12.3 Å². The van der Waals surface area contributed by atoms with Crippen LogP contribution in [0.5, 0.6) is 0 Å². The summed E-state index contributed by atoms with van der Waals surface area (Å²) in [7, 11) is 0. The summed E-state index contributed by atoms with van der Waals surface area (Å²) in [4.78, 5) is 32.6. The van der Waals surface area contributed by atoms with Gasteiger partial charge in [0.2, 0.25) is 0 Å². The van der Waals surface area contributed by atoms with Gasteiger partial charge in [0, 0.05) is 34.6 Å². The van der Waals surface area contributed by atoms with E-state index in [9.17, 15) is 22.8 Å². The van der Waals surface area contributed by atoms with Gasteiger partial charge in [0.25, 0.3) is 0 Å². The first-order valence-electron chi connectivity index (χ1n) is 13.2. The molecule has 1 amide bonds. The number of anilines is 3. The minimum atomic E-state index is -4.50. The number of pyridine rings is 2. The number of carbonyl (C=O) groups is 2. The summed E-state index contributed by atoms with van der Waals surface area (Å²) in [6.07, 6.45) is 0.921. The van der Waals surface area contributed by atoms with Crippen molar-refractivity contribution in [1.82, 2.24) is 9.97 Å². The number of ketones is 1. The molecule has 43 heavy (non-hydrogen) atoms. The van der Waals surface area contributed by atoms with E-state index >= 15 is 0 Å². The van der Waals surface area contributed by atoms with E-state index in [0.29, 0.717) is 28.0 Å². The monoisotopic (exact) mass is 582 g/mol. The molecular weight excluding hydrogens is 557 g/mol. The van der Waals surface area contributed by atoms with Crippen molar-refractivity contribution in [2.24, 2.45) is 0 Å². The Morgan fingerprint density at radius 3 is 2.40 bits per heavy atom. The van der Waals surface area contributed by atoms with Crippen molar-refractivity contribution in [1.29, 1.82) is 0 Å². The number of fused-ring (bicyclic) bond motifs is 1. The molecule has 2 N–H and O–H groups in total. The highest BCUT2D eigenvalue weighted by molar-refractivity contribution is 6.01. The molecule has 0 spiro atoms. The van der Waals surface area contributed by atoms with Crippen molar-refractivity contribution in [2.45, 2.75) is 19.7 Å². The van der Waals surface area contributed by atoms with Gasteiger partial charge in [-0.3, -0.25) is 15.1 Å². The van der Waals surface area contributed by atoms with Crippen LogP contribution in [0.15, 0.2) is 103 Å². The van der Waals surface area contributed by atoms with Crippen molar-refractivity contribution in [2.75, 3.05) is 10.6 Å². The molecule has 0 saturated heterocycles. The topological polar surface area (TPSA) is 93.2 Å². The summed E-state index contributed by atoms with van der Waals surface area (Å²) < 4.78 is 45.4. The van der Waals surface area contributed by atoms with Crippen molar-refractivity contribution in [3.63, 3.8) is 0 Å². The Kier molecular flexibility index (Phi) is 8.47. The van der Waals surface area contributed by atoms with E-state index in [0.717, 1.165) is 28.8 Å². The third-order valence-electron chi connectivity index (χ3n) is 6.39. The van der Waals surface area contributed by atoms with Gasteiger partial charge in [0.05, 0.1) is 16.8 Å². The average Bonchev–Trinajstić information content (AvgIpc) is 3.00. The molecule has 216 valence electrons. The van der Waals surface area contributed by atoms with Gasteiger partial charge in [-0.1, -0.05) is 42.5 Å². The molecule has 5 rings (SSSR count). The number of halogens is 3. The molecule has 0 radical (unpaired) electrons. The zero-order chi connectivity index (χ0) is 30.4. The Hall–Kier alpha value is -5.51. The Labute approximate surface area is 245 Å². The number of hydrogen-bond acceptors (Lipinski definition) is 6. The summed E-state index contributed by atoms with van der Waals surface area (Å²) in [5, 5.41) is 6.32. The van der Waals surface area contributed by atoms with E-state index in [1.165, 1.54) is 25.1 Å². The van der Waals surface area contributed by atoms with E-state index in [1.807, 2.05) is 42.5 Å². The van der Waals surface area contributed by atoms with Crippen molar-refractivity contribution in [3.05, 3.63) is 120 Å². The van der Waals surface area contributed by atoms with Crippen LogP contribution in [0, 0.1) is 0 Å². The molecule has 7 nitrogen and oxygen atoms in total. The van der Waals surface area contributed by atoms with Gasteiger partial charge in [-0.2, -0.15) is 13.2 Å². The molecule has 2 heterocycles. The highest BCUT2D eigenvalue weighted by Crippen LogP contribution is 2.35. The molecule has 0 aliphatic rings.